The second-order valence-corrected chi connectivity index (χ2v) is 4.71. The van der Waals surface area contributed by atoms with Crippen molar-refractivity contribution >= 4 is 12.0 Å². The molecule has 0 saturated heterocycles. The summed E-state index contributed by atoms with van der Waals surface area (Å²) in [6, 6.07) is 7.45. The molecule has 0 fully saturated rings. The molecule has 1 aromatic rings. The Morgan fingerprint density at radius 3 is 2.00 bits per heavy atom. The third kappa shape index (κ3) is 3.12. The van der Waals surface area contributed by atoms with Crippen LogP contribution in [0.4, 0.5) is 0 Å². The van der Waals surface area contributed by atoms with Crippen molar-refractivity contribution in [1.29, 1.82) is 0 Å². The second-order valence-electron chi connectivity index (χ2n) is 4.71. The molecule has 0 aliphatic rings. The van der Waals surface area contributed by atoms with Gasteiger partial charge in [-0.2, -0.15) is 0 Å². The molecular formula is C13H16O3. The van der Waals surface area contributed by atoms with E-state index in [9.17, 15) is 4.79 Å². The minimum absolute atomic E-state index is 0.0666. The van der Waals surface area contributed by atoms with Crippen molar-refractivity contribution in [3.05, 3.63) is 41.2 Å². The molecule has 0 bridgehead atoms. The van der Waals surface area contributed by atoms with Gasteiger partial charge < -0.3 is 10.2 Å². The van der Waals surface area contributed by atoms with E-state index < -0.39 is 11.7 Å². The molecule has 0 atom stereocenters. The lowest BCUT2D eigenvalue weighted by Crippen LogP contribution is -2.10. The number of hydrogen-bond donors (Lipinski definition) is 2. The van der Waals surface area contributed by atoms with E-state index in [0.29, 0.717) is 5.56 Å². The fraction of sp³-hybridized carbons (Fsp3) is 0.308. The van der Waals surface area contributed by atoms with E-state index in [4.69, 9.17) is 10.2 Å². The van der Waals surface area contributed by atoms with Crippen LogP contribution in [-0.2, 0) is 10.2 Å². The molecular weight excluding hydrogens is 204 g/mol. The van der Waals surface area contributed by atoms with Crippen molar-refractivity contribution < 1.29 is 15.0 Å². The summed E-state index contributed by atoms with van der Waals surface area (Å²) >= 11 is 0. The van der Waals surface area contributed by atoms with Gasteiger partial charge in [0.25, 0.3) is 0 Å². The third-order valence-corrected chi connectivity index (χ3v) is 2.30. The lowest BCUT2D eigenvalue weighted by atomic mass is 9.87. The lowest BCUT2D eigenvalue weighted by molar-refractivity contribution is -0.135. The van der Waals surface area contributed by atoms with Gasteiger partial charge in [0.1, 0.15) is 0 Å². The van der Waals surface area contributed by atoms with Crippen LogP contribution in [0, 0.1) is 0 Å². The van der Waals surface area contributed by atoms with Crippen LogP contribution in [-0.4, -0.2) is 16.2 Å². The number of aliphatic carboxylic acids is 1. The summed E-state index contributed by atoms with van der Waals surface area (Å²) in [7, 11) is 0. The van der Waals surface area contributed by atoms with Gasteiger partial charge in [-0.15, -0.1) is 0 Å². The molecule has 0 heterocycles. The minimum Gasteiger partial charge on any atom is -0.502 e. The minimum atomic E-state index is -1.32. The molecule has 2 N–H and O–H groups in total. The number of aliphatic hydroxyl groups excluding tert-OH is 1. The summed E-state index contributed by atoms with van der Waals surface area (Å²) in [5.41, 5.74) is 1.91. The Morgan fingerprint density at radius 1 is 1.12 bits per heavy atom. The molecule has 1 rings (SSSR count). The second kappa shape index (κ2) is 4.39. The summed E-state index contributed by atoms with van der Waals surface area (Å²) in [4.78, 5) is 10.4. The van der Waals surface area contributed by atoms with Crippen LogP contribution in [0.2, 0.25) is 0 Å². The molecule has 3 heteroatoms. The van der Waals surface area contributed by atoms with Gasteiger partial charge >= 0.3 is 5.97 Å². The van der Waals surface area contributed by atoms with E-state index in [1.807, 2.05) is 12.1 Å². The average Bonchev–Trinajstić information content (AvgIpc) is 2.17. The molecule has 1 aromatic carbocycles. The molecule has 0 radical (unpaired) electrons. The average molecular weight is 220 g/mol. The first-order valence-corrected chi connectivity index (χ1v) is 5.05. The van der Waals surface area contributed by atoms with Crippen LogP contribution in [0.25, 0.3) is 6.08 Å². The molecule has 0 aliphatic heterocycles. The normalized spacial score (nSPS) is 12.6. The summed E-state index contributed by atoms with van der Waals surface area (Å²) in [5, 5.41) is 17.6. The zero-order valence-electron chi connectivity index (χ0n) is 9.69. The Balaban J connectivity index is 2.97. The number of carbonyl (C=O) groups is 1. The molecule has 0 aromatic heterocycles. The maximum Gasteiger partial charge on any atom is 0.370 e. The Kier molecular flexibility index (Phi) is 3.38. The highest BCUT2D eigenvalue weighted by Gasteiger charge is 2.12. The summed E-state index contributed by atoms with van der Waals surface area (Å²) in [5.74, 6) is -1.97. The Hall–Kier alpha value is -1.77. The first-order valence-electron chi connectivity index (χ1n) is 5.05. The van der Waals surface area contributed by atoms with E-state index >= 15 is 0 Å². The quantitative estimate of drug-likeness (QED) is 0.595. The third-order valence-electron chi connectivity index (χ3n) is 2.30. The van der Waals surface area contributed by atoms with Gasteiger partial charge in [-0.05, 0) is 22.6 Å². The van der Waals surface area contributed by atoms with Gasteiger partial charge in [-0.25, -0.2) is 4.79 Å². The highest BCUT2D eigenvalue weighted by atomic mass is 16.4. The number of hydrogen-bond acceptors (Lipinski definition) is 2. The summed E-state index contributed by atoms with van der Waals surface area (Å²) in [6.45, 7) is 6.31. The fourth-order valence-corrected chi connectivity index (χ4v) is 1.30. The maximum absolute atomic E-state index is 10.4. The molecule has 0 amide bonds. The Bertz CT molecular complexity index is 408. The van der Waals surface area contributed by atoms with E-state index in [1.165, 1.54) is 11.6 Å². The highest BCUT2D eigenvalue weighted by molar-refractivity contribution is 5.89. The van der Waals surface area contributed by atoms with Gasteiger partial charge in [0.2, 0.25) is 5.76 Å². The van der Waals surface area contributed by atoms with E-state index in [0.717, 1.165) is 0 Å². The number of benzene rings is 1. The van der Waals surface area contributed by atoms with Gasteiger partial charge in [0, 0.05) is 0 Å². The first kappa shape index (κ1) is 12.3. The molecule has 86 valence electrons. The highest BCUT2D eigenvalue weighted by Crippen LogP contribution is 2.22. The van der Waals surface area contributed by atoms with Crippen molar-refractivity contribution in [2.24, 2.45) is 0 Å². The summed E-state index contributed by atoms with van der Waals surface area (Å²) in [6.07, 6.45) is 1.23. The van der Waals surface area contributed by atoms with Crippen LogP contribution in [0.5, 0.6) is 0 Å². The Labute approximate surface area is 95.0 Å². The maximum atomic E-state index is 10.4. The van der Waals surface area contributed by atoms with Crippen LogP contribution in [0.3, 0.4) is 0 Å². The topological polar surface area (TPSA) is 57.5 Å². The molecule has 0 spiro atoms. The van der Waals surface area contributed by atoms with Crippen molar-refractivity contribution in [1.82, 2.24) is 0 Å². The number of carboxylic acids is 1. The van der Waals surface area contributed by atoms with Crippen LogP contribution in [0.1, 0.15) is 31.9 Å². The zero-order chi connectivity index (χ0) is 12.3. The molecule has 0 saturated carbocycles. The largest absolute Gasteiger partial charge is 0.502 e. The van der Waals surface area contributed by atoms with E-state index in [-0.39, 0.29) is 5.41 Å². The van der Waals surface area contributed by atoms with Crippen LogP contribution in [0.15, 0.2) is 30.0 Å². The molecule has 3 nitrogen and oxygen atoms in total. The smallest absolute Gasteiger partial charge is 0.370 e. The van der Waals surface area contributed by atoms with Crippen molar-refractivity contribution in [3.63, 3.8) is 0 Å². The number of aliphatic hydroxyl groups is 1. The van der Waals surface area contributed by atoms with Gasteiger partial charge in [-0.1, -0.05) is 45.0 Å². The Morgan fingerprint density at radius 2 is 1.62 bits per heavy atom. The van der Waals surface area contributed by atoms with Gasteiger partial charge in [0.05, 0.1) is 0 Å². The van der Waals surface area contributed by atoms with E-state index in [1.54, 1.807) is 12.1 Å². The van der Waals surface area contributed by atoms with Crippen molar-refractivity contribution in [2.75, 3.05) is 0 Å². The molecule has 0 aliphatic carbocycles. The van der Waals surface area contributed by atoms with Crippen LogP contribution >= 0.6 is 0 Å². The number of rotatable bonds is 2. The molecule has 16 heavy (non-hydrogen) atoms. The fourth-order valence-electron chi connectivity index (χ4n) is 1.30. The predicted molar refractivity (Wildman–Crippen MR) is 63.4 cm³/mol. The SMILES string of the molecule is CC(C)(C)c1ccc(/C=C(/O)C(=O)O)cc1. The lowest BCUT2D eigenvalue weighted by Gasteiger charge is -2.18. The number of carboxylic acid groups (broad SMARTS) is 1. The van der Waals surface area contributed by atoms with Crippen LogP contribution < -0.4 is 0 Å². The molecule has 0 unspecified atom stereocenters. The van der Waals surface area contributed by atoms with E-state index in [2.05, 4.69) is 20.8 Å². The summed E-state index contributed by atoms with van der Waals surface area (Å²) < 4.78 is 0. The predicted octanol–water partition coefficient (Wildman–Crippen LogP) is 2.97. The standard InChI is InChI=1S/C13H16O3/c1-13(2,3)10-6-4-9(5-7-10)8-11(14)12(15)16/h4-8,14H,1-3H3,(H,15,16)/b11-8+. The monoisotopic (exact) mass is 220 g/mol. The van der Waals surface area contributed by atoms with Crippen molar-refractivity contribution in [3.8, 4) is 0 Å². The van der Waals surface area contributed by atoms with Gasteiger partial charge in [-0.3, -0.25) is 0 Å². The first-order chi connectivity index (χ1) is 7.30. The van der Waals surface area contributed by atoms with Crippen molar-refractivity contribution in [2.45, 2.75) is 26.2 Å². The van der Waals surface area contributed by atoms with Gasteiger partial charge in [0.15, 0.2) is 0 Å². The zero-order valence-corrected chi connectivity index (χ0v) is 9.69.